The summed E-state index contributed by atoms with van der Waals surface area (Å²) in [6.45, 7) is 11.0. The molecule has 5 rings (SSSR count). The number of thiophene rings is 1. The lowest BCUT2D eigenvalue weighted by Crippen LogP contribution is -2.48. The van der Waals surface area contributed by atoms with Gasteiger partial charge in [0.05, 0.1) is 29.2 Å². The predicted molar refractivity (Wildman–Crippen MR) is 176 cm³/mol. The van der Waals surface area contributed by atoms with E-state index < -0.39 is 51.3 Å². The molecule has 1 unspecified atom stereocenters. The van der Waals surface area contributed by atoms with Crippen LogP contribution in [-0.4, -0.2) is 63.7 Å². The number of hydrogen-bond acceptors (Lipinski definition) is 10. The molecule has 1 aliphatic rings. The highest BCUT2D eigenvalue weighted by Crippen LogP contribution is 2.42. The highest BCUT2D eigenvalue weighted by atomic mass is 35.5. The molecule has 2 amide bonds. The van der Waals surface area contributed by atoms with Crippen molar-refractivity contribution in [3.63, 3.8) is 0 Å². The summed E-state index contributed by atoms with van der Waals surface area (Å²) in [5.74, 6) is -1.48. The number of aromatic nitrogens is 3. The van der Waals surface area contributed by atoms with Crippen LogP contribution >= 0.6 is 22.9 Å². The second-order valence-corrected chi connectivity index (χ2v) is 15.5. The Labute approximate surface area is 279 Å². The van der Waals surface area contributed by atoms with Gasteiger partial charge in [-0.25, -0.2) is 19.6 Å². The van der Waals surface area contributed by atoms with E-state index in [-0.39, 0.29) is 15.6 Å². The Morgan fingerprint density at radius 3 is 2.43 bits per heavy atom. The quantitative estimate of drug-likeness (QED) is 0.171. The van der Waals surface area contributed by atoms with Crippen molar-refractivity contribution in [2.75, 3.05) is 11.5 Å². The average Bonchev–Trinajstić information content (AvgIpc) is 3.51. The van der Waals surface area contributed by atoms with Crippen LogP contribution in [0.1, 0.15) is 63.7 Å². The molecule has 0 aliphatic carbocycles. The molecule has 0 saturated carbocycles. The van der Waals surface area contributed by atoms with Gasteiger partial charge in [-0.3, -0.25) is 4.98 Å². The number of pyridine rings is 1. The van der Waals surface area contributed by atoms with Gasteiger partial charge in [0.2, 0.25) is 5.95 Å². The Morgan fingerprint density at radius 2 is 1.81 bits per heavy atom. The first-order valence-electron chi connectivity index (χ1n) is 14.2. The van der Waals surface area contributed by atoms with Gasteiger partial charge in [-0.05, 0) is 70.7 Å². The molecule has 1 saturated heterocycles. The number of fused-ring (bicyclic) bond motifs is 1. The van der Waals surface area contributed by atoms with Crippen molar-refractivity contribution in [3.8, 4) is 11.3 Å². The van der Waals surface area contributed by atoms with Crippen molar-refractivity contribution in [1.82, 2.24) is 24.4 Å². The first-order chi connectivity index (χ1) is 21.8. The number of carbonyl (C=O) groups is 2. The van der Waals surface area contributed by atoms with Crippen LogP contribution in [-0.2, 0) is 25.3 Å². The monoisotopic (exact) mass is 704 g/mol. The number of rotatable bonds is 8. The lowest BCUT2D eigenvalue weighted by atomic mass is 9.96. The minimum atomic E-state index is -4.25. The van der Waals surface area contributed by atoms with E-state index >= 15 is 0 Å². The molecular formula is C30H33ClN6O8S2. The Hall–Kier alpha value is -3.77. The number of halogens is 1. The zero-order chi connectivity index (χ0) is 34.5. The molecule has 4 aromatic rings. The number of amides is 2. The summed E-state index contributed by atoms with van der Waals surface area (Å²) < 4.78 is 44.6. The number of carboxylic acid groups (broad SMARTS) is 2. The van der Waals surface area contributed by atoms with Crippen LogP contribution < -0.4 is 14.3 Å². The number of anilines is 1. The number of ether oxygens (including phenoxy) is 2. The van der Waals surface area contributed by atoms with Gasteiger partial charge in [0.25, 0.3) is 10.2 Å². The fourth-order valence-corrected chi connectivity index (χ4v) is 8.09. The van der Waals surface area contributed by atoms with Crippen LogP contribution in [0.2, 0.25) is 5.02 Å². The highest BCUT2D eigenvalue weighted by molar-refractivity contribution is 7.87. The van der Waals surface area contributed by atoms with Crippen molar-refractivity contribution in [3.05, 3.63) is 69.9 Å². The topological polar surface area (TPSA) is 193 Å². The Bertz CT molecular complexity index is 1970. The fourth-order valence-electron chi connectivity index (χ4n) is 5.16. The normalized spacial score (nSPS) is 18.7. The Kier molecular flexibility index (Phi) is 9.08. The van der Waals surface area contributed by atoms with Gasteiger partial charge in [0.15, 0.2) is 5.79 Å². The average molecular weight is 705 g/mol. The van der Waals surface area contributed by atoms with Crippen LogP contribution in [0.4, 0.5) is 15.5 Å². The van der Waals surface area contributed by atoms with Crippen molar-refractivity contribution < 1.29 is 37.7 Å². The van der Waals surface area contributed by atoms with E-state index in [0.29, 0.717) is 17.2 Å². The van der Waals surface area contributed by atoms with E-state index in [4.69, 9.17) is 21.1 Å². The molecule has 4 heterocycles. The molecule has 14 nitrogen and oxygen atoms in total. The van der Waals surface area contributed by atoms with Crippen molar-refractivity contribution in [2.45, 2.75) is 64.5 Å². The fraction of sp³-hybridized carbons (Fsp3) is 0.367. The molecule has 250 valence electrons. The van der Waals surface area contributed by atoms with E-state index in [1.807, 2.05) is 51.1 Å². The predicted octanol–water partition coefficient (Wildman–Crippen LogP) is 5.88. The van der Waals surface area contributed by atoms with Gasteiger partial charge in [-0.15, -0.1) is 16.2 Å². The largest absolute Gasteiger partial charge is 0.464 e. The van der Waals surface area contributed by atoms with Crippen molar-refractivity contribution in [1.29, 1.82) is 0 Å². The second-order valence-electron chi connectivity index (χ2n) is 12.5. The number of nitrogens with zero attached hydrogens (tertiary/aromatic N) is 4. The maximum atomic E-state index is 13.4. The molecule has 2 atom stereocenters. The lowest BCUT2D eigenvalue weighted by molar-refractivity contribution is -0.159. The number of nitrogens with one attached hydrogen (secondary N) is 2. The standard InChI is InChI=1S/C30H33ClN6O8S2/c1-28(2,3)36-47(42,43)35-23(22-19(31)14-33-25(34-22)37(26(38)39)27(40)41)21-12-16-8-7-9-18(24(16)46-21)20-13-17(10-11-32-20)30(6)15-44-29(4,5)45-30/h7-14,23,35-36H,15H2,1-6H3,(H,38,39)(H,40,41)/t23?,30-/m1/s1. The third-order valence-corrected chi connectivity index (χ3v) is 9.96. The molecule has 47 heavy (non-hydrogen) atoms. The van der Waals surface area contributed by atoms with Crippen molar-refractivity contribution in [2.24, 2.45) is 0 Å². The van der Waals surface area contributed by atoms with Crippen molar-refractivity contribution >= 4 is 61.4 Å². The summed E-state index contributed by atoms with van der Waals surface area (Å²) in [5, 5.41) is 19.6. The zero-order valence-electron chi connectivity index (χ0n) is 26.2. The summed E-state index contributed by atoms with van der Waals surface area (Å²) in [4.78, 5) is 36.3. The van der Waals surface area contributed by atoms with Gasteiger partial charge < -0.3 is 19.7 Å². The van der Waals surface area contributed by atoms with Crippen LogP contribution in [0, 0.1) is 0 Å². The Morgan fingerprint density at radius 1 is 1.11 bits per heavy atom. The summed E-state index contributed by atoms with van der Waals surface area (Å²) in [7, 11) is -4.25. The summed E-state index contributed by atoms with van der Waals surface area (Å²) in [6.07, 6.45) is -1.01. The maximum absolute atomic E-state index is 13.4. The van der Waals surface area contributed by atoms with E-state index in [2.05, 4.69) is 24.4 Å². The third-order valence-electron chi connectivity index (χ3n) is 6.99. The lowest BCUT2D eigenvalue weighted by Gasteiger charge is -2.25. The molecule has 0 radical (unpaired) electrons. The van der Waals surface area contributed by atoms with Gasteiger partial charge in [-0.2, -0.15) is 17.9 Å². The number of imide groups is 1. The van der Waals surface area contributed by atoms with Crippen LogP contribution in [0.25, 0.3) is 21.3 Å². The first-order valence-corrected chi connectivity index (χ1v) is 16.9. The summed E-state index contributed by atoms with van der Waals surface area (Å²) >= 11 is 7.72. The van der Waals surface area contributed by atoms with Gasteiger partial charge in [-0.1, -0.05) is 29.8 Å². The molecule has 0 spiro atoms. The van der Waals surface area contributed by atoms with E-state index in [0.717, 1.165) is 27.4 Å². The van der Waals surface area contributed by atoms with Crippen LogP contribution in [0.5, 0.6) is 0 Å². The van der Waals surface area contributed by atoms with Gasteiger partial charge >= 0.3 is 12.2 Å². The molecule has 1 aromatic carbocycles. The SMILES string of the molecule is CC(C)(C)NS(=O)(=O)NC(c1cc2cccc(-c3cc([C@@]4(C)COC(C)(C)O4)ccn3)c2s1)c1nc(N(C(=O)O)C(=O)O)ncc1Cl. The van der Waals surface area contributed by atoms with E-state index in [1.165, 1.54) is 11.3 Å². The van der Waals surface area contributed by atoms with Gasteiger partial charge in [0, 0.05) is 26.9 Å². The molecule has 1 aliphatic heterocycles. The second kappa shape index (κ2) is 12.4. The Balaban J connectivity index is 1.65. The van der Waals surface area contributed by atoms with Crippen LogP contribution in [0.3, 0.4) is 0 Å². The molecular weight excluding hydrogens is 672 g/mol. The highest BCUT2D eigenvalue weighted by Gasteiger charge is 2.43. The third kappa shape index (κ3) is 7.54. The molecule has 0 bridgehead atoms. The molecule has 1 fully saturated rings. The summed E-state index contributed by atoms with van der Waals surface area (Å²) in [5.41, 5.74) is 0.524. The number of benzene rings is 1. The minimum absolute atomic E-state index is 0.0960. The van der Waals surface area contributed by atoms with E-state index in [1.54, 1.807) is 33.0 Å². The minimum Gasteiger partial charge on any atom is -0.464 e. The summed E-state index contributed by atoms with van der Waals surface area (Å²) in [6, 6.07) is 9.84. The number of hydrogen-bond donors (Lipinski definition) is 4. The van der Waals surface area contributed by atoms with Gasteiger partial charge in [0.1, 0.15) is 11.6 Å². The molecule has 3 aromatic heterocycles. The smallest absolute Gasteiger partial charge is 0.424 e. The zero-order valence-corrected chi connectivity index (χ0v) is 28.6. The van der Waals surface area contributed by atoms with E-state index in [9.17, 15) is 28.2 Å². The molecule has 17 heteroatoms. The first kappa shape index (κ1) is 34.6. The molecule has 4 N–H and O–H groups in total. The van der Waals surface area contributed by atoms with Crippen LogP contribution in [0.15, 0.2) is 48.8 Å². The maximum Gasteiger partial charge on any atom is 0.424 e.